The van der Waals surface area contributed by atoms with Crippen molar-refractivity contribution in [3.63, 3.8) is 0 Å². The molecular formula is C8H12N2. The molecule has 2 heteroatoms. The average Bonchev–Trinajstić information content (AvgIpc) is 2.36. The van der Waals surface area contributed by atoms with Gasteiger partial charge in [0.05, 0.1) is 0 Å². The van der Waals surface area contributed by atoms with Gasteiger partial charge in [0.1, 0.15) is 5.82 Å². The van der Waals surface area contributed by atoms with E-state index in [0.717, 1.165) is 0 Å². The van der Waals surface area contributed by atoms with Crippen molar-refractivity contribution in [2.75, 3.05) is 0 Å². The van der Waals surface area contributed by atoms with Crippen LogP contribution in [0.25, 0.3) is 0 Å². The lowest BCUT2D eigenvalue weighted by atomic mass is 10.0. The second kappa shape index (κ2) is 2.11. The number of aryl methyl sites for hydroxylation is 1. The molecule has 0 bridgehead atoms. The predicted octanol–water partition coefficient (Wildman–Crippen LogP) is 1.78. The Labute approximate surface area is 60.9 Å². The molecule has 0 spiro atoms. The van der Waals surface area contributed by atoms with Crippen LogP contribution in [0.2, 0.25) is 0 Å². The smallest absolute Gasteiger partial charge is 0.111 e. The van der Waals surface area contributed by atoms with Crippen LogP contribution in [-0.4, -0.2) is 9.55 Å². The molecule has 10 heavy (non-hydrogen) atoms. The fourth-order valence-electron chi connectivity index (χ4n) is 1.64. The van der Waals surface area contributed by atoms with Crippen LogP contribution in [0, 0.1) is 0 Å². The fourth-order valence-corrected chi connectivity index (χ4v) is 1.64. The van der Waals surface area contributed by atoms with Crippen molar-refractivity contribution in [3.05, 3.63) is 18.2 Å². The van der Waals surface area contributed by atoms with Crippen molar-refractivity contribution in [3.8, 4) is 0 Å². The lowest BCUT2D eigenvalue weighted by Crippen LogP contribution is -2.12. The second-order valence-electron chi connectivity index (χ2n) is 3.02. The summed E-state index contributed by atoms with van der Waals surface area (Å²) >= 11 is 0. The molecule has 0 saturated carbocycles. The molecule has 0 N–H and O–H groups in total. The van der Waals surface area contributed by atoms with Gasteiger partial charge in [-0.05, 0) is 12.8 Å². The minimum Gasteiger partial charge on any atom is -0.335 e. The minimum absolute atomic E-state index is 0.670. The zero-order chi connectivity index (χ0) is 6.97. The van der Waals surface area contributed by atoms with E-state index in [4.69, 9.17) is 0 Å². The molecule has 0 aromatic carbocycles. The highest BCUT2D eigenvalue weighted by Gasteiger charge is 2.15. The first-order valence-corrected chi connectivity index (χ1v) is 3.89. The third-order valence-electron chi connectivity index (χ3n) is 2.22. The minimum atomic E-state index is 0.670. The summed E-state index contributed by atoms with van der Waals surface area (Å²) in [6, 6.07) is 0. The lowest BCUT2D eigenvalue weighted by molar-refractivity contribution is 0.463. The molecular weight excluding hydrogens is 124 g/mol. The third-order valence-corrected chi connectivity index (χ3v) is 2.22. The number of aromatic nitrogens is 2. The van der Waals surface area contributed by atoms with Crippen molar-refractivity contribution in [2.24, 2.45) is 0 Å². The van der Waals surface area contributed by atoms with Crippen molar-refractivity contribution in [1.29, 1.82) is 0 Å². The number of hydrogen-bond acceptors (Lipinski definition) is 1. The Morgan fingerprint density at radius 3 is 3.40 bits per heavy atom. The molecule has 0 saturated heterocycles. The summed E-state index contributed by atoms with van der Waals surface area (Å²) in [5.41, 5.74) is 0. The van der Waals surface area contributed by atoms with Gasteiger partial charge in [-0.2, -0.15) is 0 Å². The van der Waals surface area contributed by atoms with Gasteiger partial charge >= 0.3 is 0 Å². The Balaban J connectivity index is 2.41. The van der Waals surface area contributed by atoms with E-state index in [1.54, 1.807) is 0 Å². The summed E-state index contributed by atoms with van der Waals surface area (Å²) < 4.78 is 2.26. The molecule has 54 valence electrons. The summed E-state index contributed by atoms with van der Waals surface area (Å²) in [5.74, 6) is 1.94. The van der Waals surface area contributed by atoms with Gasteiger partial charge in [-0.3, -0.25) is 0 Å². The Hall–Kier alpha value is -0.790. The first-order chi connectivity index (χ1) is 4.88. The van der Waals surface area contributed by atoms with E-state index in [-0.39, 0.29) is 0 Å². The largest absolute Gasteiger partial charge is 0.335 e. The molecule has 2 nitrogen and oxygen atoms in total. The van der Waals surface area contributed by atoms with E-state index in [9.17, 15) is 0 Å². The molecule has 1 aromatic heterocycles. The van der Waals surface area contributed by atoms with Gasteiger partial charge in [-0.15, -0.1) is 0 Å². The summed E-state index contributed by atoms with van der Waals surface area (Å²) in [5, 5.41) is 0. The Morgan fingerprint density at radius 2 is 2.60 bits per heavy atom. The first-order valence-electron chi connectivity index (χ1n) is 3.89. The molecule has 0 unspecified atom stereocenters. The number of hydrogen-bond donors (Lipinski definition) is 0. The van der Waals surface area contributed by atoms with Crippen LogP contribution in [0.1, 0.15) is 31.5 Å². The Bertz CT molecular complexity index is 227. The summed E-state index contributed by atoms with van der Waals surface area (Å²) in [7, 11) is 0. The number of imidazole rings is 1. The van der Waals surface area contributed by atoms with Gasteiger partial charge in [0, 0.05) is 24.9 Å². The molecule has 0 amide bonds. The van der Waals surface area contributed by atoms with Crippen LogP contribution in [0.5, 0.6) is 0 Å². The summed E-state index contributed by atoms with van der Waals surface area (Å²) in [6.45, 7) is 3.41. The molecule has 0 aliphatic carbocycles. The van der Waals surface area contributed by atoms with Crippen LogP contribution in [0.3, 0.4) is 0 Å². The highest BCUT2D eigenvalue weighted by Crippen LogP contribution is 2.24. The molecule has 1 aromatic rings. The number of fused-ring (bicyclic) bond motifs is 1. The van der Waals surface area contributed by atoms with Gasteiger partial charge in [0.25, 0.3) is 0 Å². The van der Waals surface area contributed by atoms with Crippen molar-refractivity contribution in [2.45, 2.75) is 32.2 Å². The molecule has 2 rings (SSSR count). The van der Waals surface area contributed by atoms with Gasteiger partial charge in [0.2, 0.25) is 0 Å². The van der Waals surface area contributed by atoms with Crippen LogP contribution < -0.4 is 0 Å². The third kappa shape index (κ3) is 0.753. The second-order valence-corrected chi connectivity index (χ2v) is 3.02. The highest BCUT2D eigenvalue weighted by atomic mass is 15.1. The number of nitrogens with zero attached hydrogens (tertiary/aromatic N) is 2. The predicted molar refractivity (Wildman–Crippen MR) is 39.9 cm³/mol. The molecule has 1 aliphatic rings. The monoisotopic (exact) mass is 136 g/mol. The normalized spacial score (nSPS) is 24.3. The van der Waals surface area contributed by atoms with E-state index in [1.165, 1.54) is 25.2 Å². The SMILES string of the molecule is C[C@@H]1CCCn2ccnc21. The molecule has 2 heterocycles. The van der Waals surface area contributed by atoms with E-state index in [2.05, 4.69) is 22.7 Å². The maximum absolute atomic E-state index is 4.30. The van der Waals surface area contributed by atoms with Crippen LogP contribution >= 0.6 is 0 Å². The van der Waals surface area contributed by atoms with Crippen molar-refractivity contribution in [1.82, 2.24) is 9.55 Å². The standard InChI is InChI=1S/C8H12N2/c1-7-3-2-5-10-6-4-9-8(7)10/h4,6-7H,2-3,5H2,1H3/t7-/m1/s1. The van der Waals surface area contributed by atoms with Crippen molar-refractivity contribution >= 4 is 0 Å². The lowest BCUT2D eigenvalue weighted by Gasteiger charge is -2.19. The van der Waals surface area contributed by atoms with Crippen LogP contribution in [0.4, 0.5) is 0 Å². The van der Waals surface area contributed by atoms with Crippen LogP contribution in [0.15, 0.2) is 12.4 Å². The Kier molecular flexibility index (Phi) is 1.26. The van der Waals surface area contributed by atoms with Crippen LogP contribution in [-0.2, 0) is 6.54 Å². The molecule has 0 radical (unpaired) electrons. The van der Waals surface area contributed by atoms with Gasteiger partial charge < -0.3 is 4.57 Å². The van der Waals surface area contributed by atoms with Gasteiger partial charge in [-0.25, -0.2) is 4.98 Å². The van der Waals surface area contributed by atoms with Gasteiger partial charge in [0.15, 0.2) is 0 Å². The molecule has 0 fully saturated rings. The summed E-state index contributed by atoms with van der Waals surface area (Å²) in [6.07, 6.45) is 6.59. The van der Waals surface area contributed by atoms with E-state index in [1.807, 2.05) is 6.20 Å². The average molecular weight is 136 g/mol. The molecule has 1 aliphatic heterocycles. The highest BCUT2D eigenvalue weighted by molar-refractivity contribution is 5.01. The zero-order valence-electron chi connectivity index (χ0n) is 6.25. The number of rotatable bonds is 0. The van der Waals surface area contributed by atoms with E-state index < -0.39 is 0 Å². The van der Waals surface area contributed by atoms with E-state index >= 15 is 0 Å². The maximum Gasteiger partial charge on any atom is 0.111 e. The molecule has 1 atom stereocenters. The quantitative estimate of drug-likeness (QED) is 0.531. The maximum atomic E-state index is 4.30. The first kappa shape index (κ1) is 5.96. The topological polar surface area (TPSA) is 17.8 Å². The van der Waals surface area contributed by atoms with E-state index in [0.29, 0.717) is 5.92 Å². The zero-order valence-corrected chi connectivity index (χ0v) is 6.25. The summed E-state index contributed by atoms with van der Waals surface area (Å²) in [4.78, 5) is 4.30. The van der Waals surface area contributed by atoms with Crippen molar-refractivity contribution < 1.29 is 0 Å². The fraction of sp³-hybridized carbons (Fsp3) is 0.625. The van der Waals surface area contributed by atoms with Gasteiger partial charge in [-0.1, -0.05) is 6.92 Å². The Morgan fingerprint density at radius 1 is 1.70 bits per heavy atom.